The van der Waals surface area contributed by atoms with Crippen LogP contribution < -0.4 is 5.73 Å². The van der Waals surface area contributed by atoms with Crippen molar-refractivity contribution in [2.75, 3.05) is 0 Å². The van der Waals surface area contributed by atoms with Gasteiger partial charge in [0.15, 0.2) is 0 Å². The number of nitrogens with two attached hydrogens (primary N) is 1. The molecule has 0 aliphatic heterocycles. The van der Waals surface area contributed by atoms with E-state index in [0.717, 1.165) is 25.6 Å². The molecule has 20 heavy (non-hydrogen) atoms. The molecule has 0 fully saturated rings. The van der Waals surface area contributed by atoms with E-state index in [9.17, 15) is 0 Å². The first kappa shape index (κ1) is 13.4. The minimum absolute atomic E-state index is 0.224. The maximum absolute atomic E-state index is 6.23. The lowest BCUT2D eigenvalue weighted by atomic mass is 10.1. The first-order chi connectivity index (χ1) is 9.74. The molecule has 0 saturated carbocycles. The molecule has 1 unspecified atom stereocenters. The van der Waals surface area contributed by atoms with Gasteiger partial charge in [0.2, 0.25) is 0 Å². The van der Waals surface area contributed by atoms with Gasteiger partial charge in [-0.3, -0.25) is 0 Å². The lowest BCUT2D eigenvalue weighted by Gasteiger charge is -2.06. The van der Waals surface area contributed by atoms with Crippen LogP contribution in [0.4, 0.5) is 0 Å². The van der Waals surface area contributed by atoms with E-state index in [1.807, 2.05) is 54.6 Å². The van der Waals surface area contributed by atoms with Crippen molar-refractivity contribution in [2.45, 2.75) is 6.04 Å². The molecule has 3 rings (SSSR count). The molecule has 2 N–H and O–H groups in total. The van der Waals surface area contributed by atoms with E-state index < -0.39 is 0 Å². The van der Waals surface area contributed by atoms with Crippen LogP contribution in [-0.2, 0) is 0 Å². The van der Waals surface area contributed by atoms with Crippen molar-refractivity contribution in [3.05, 3.63) is 69.6 Å². The fourth-order valence-corrected chi connectivity index (χ4v) is 3.02. The van der Waals surface area contributed by atoms with Gasteiger partial charge in [0, 0.05) is 10.0 Å². The van der Waals surface area contributed by atoms with Crippen LogP contribution in [0.25, 0.3) is 10.6 Å². The number of nitrogens with zero attached hydrogens (tertiary/aromatic N) is 2. The largest absolute Gasteiger partial charge is 0.318 e. The smallest absolute Gasteiger partial charge is 0.147 e. The predicted molar refractivity (Wildman–Crippen MR) is 85.5 cm³/mol. The second-order valence-electron chi connectivity index (χ2n) is 4.34. The lowest BCUT2D eigenvalue weighted by molar-refractivity contribution is 0.831. The highest BCUT2D eigenvalue weighted by molar-refractivity contribution is 9.10. The summed E-state index contributed by atoms with van der Waals surface area (Å²) in [5, 5.41) is 10.2. The third-order valence-electron chi connectivity index (χ3n) is 2.96. The normalized spacial score (nSPS) is 12.3. The van der Waals surface area contributed by atoms with Crippen molar-refractivity contribution in [2.24, 2.45) is 5.73 Å². The van der Waals surface area contributed by atoms with Crippen molar-refractivity contribution >= 4 is 27.3 Å². The number of hydrogen-bond acceptors (Lipinski definition) is 4. The van der Waals surface area contributed by atoms with Gasteiger partial charge >= 0.3 is 0 Å². The second-order valence-corrected chi connectivity index (χ2v) is 6.27. The standard InChI is InChI=1S/C15H12BrN3S/c16-12-8-6-11(7-9-12)14-18-19-15(20-14)13(17)10-4-2-1-3-5-10/h1-9,13H,17H2. The van der Waals surface area contributed by atoms with Gasteiger partial charge in [-0.2, -0.15) is 0 Å². The molecule has 3 aromatic rings. The molecule has 2 aromatic carbocycles. The zero-order valence-electron chi connectivity index (χ0n) is 10.5. The molecule has 0 amide bonds. The average molecular weight is 346 g/mol. The number of hydrogen-bond donors (Lipinski definition) is 1. The Hall–Kier alpha value is -1.56. The maximum atomic E-state index is 6.23. The van der Waals surface area contributed by atoms with Gasteiger partial charge in [0.05, 0.1) is 6.04 Å². The minimum atomic E-state index is -0.224. The summed E-state index contributed by atoms with van der Waals surface area (Å²) in [6.45, 7) is 0. The molecule has 0 aliphatic carbocycles. The third kappa shape index (κ3) is 2.80. The zero-order valence-corrected chi connectivity index (χ0v) is 12.9. The molecule has 0 spiro atoms. The number of halogens is 1. The van der Waals surface area contributed by atoms with Gasteiger partial charge < -0.3 is 5.73 Å². The molecule has 3 nitrogen and oxygen atoms in total. The molecule has 1 heterocycles. The Kier molecular flexibility index (Phi) is 3.91. The average Bonchev–Trinajstić information content (AvgIpc) is 2.98. The summed E-state index contributed by atoms with van der Waals surface area (Å²) in [5.41, 5.74) is 8.33. The Balaban J connectivity index is 1.89. The van der Waals surface area contributed by atoms with Crippen molar-refractivity contribution in [1.82, 2.24) is 10.2 Å². The topological polar surface area (TPSA) is 51.8 Å². The Morgan fingerprint density at radius 2 is 1.65 bits per heavy atom. The summed E-state index contributed by atoms with van der Waals surface area (Å²) in [7, 11) is 0. The first-order valence-corrected chi connectivity index (χ1v) is 7.75. The predicted octanol–water partition coefficient (Wildman–Crippen LogP) is 4.02. The van der Waals surface area contributed by atoms with Gasteiger partial charge in [0.1, 0.15) is 10.0 Å². The van der Waals surface area contributed by atoms with Crippen molar-refractivity contribution in [3.63, 3.8) is 0 Å². The van der Waals surface area contributed by atoms with E-state index in [4.69, 9.17) is 5.73 Å². The highest BCUT2D eigenvalue weighted by Gasteiger charge is 2.15. The minimum Gasteiger partial charge on any atom is -0.318 e. The quantitative estimate of drug-likeness (QED) is 0.779. The highest BCUT2D eigenvalue weighted by Crippen LogP contribution is 2.29. The summed E-state index contributed by atoms with van der Waals surface area (Å²) in [6, 6.07) is 17.7. The third-order valence-corrected chi connectivity index (χ3v) is 4.54. The van der Waals surface area contributed by atoms with Crippen LogP contribution >= 0.6 is 27.3 Å². The molecular weight excluding hydrogens is 334 g/mol. The molecule has 0 saturated heterocycles. The van der Waals surface area contributed by atoms with Gasteiger partial charge in [-0.05, 0) is 17.7 Å². The second kappa shape index (κ2) is 5.83. The van der Waals surface area contributed by atoms with E-state index in [1.54, 1.807) is 0 Å². The molecule has 1 atom stereocenters. The molecular formula is C15H12BrN3S. The van der Waals surface area contributed by atoms with Crippen LogP contribution in [0.1, 0.15) is 16.6 Å². The number of rotatable bonds is 3. The van der Waals surface area contributed by atoms with E-state index in [2.05, 4.69) is 26.1 Å². The molecule has 100 valence electrons. The molecule has 0 aliphatic rings. The Morgan fingerprint density at radius 3 is 2.35 bits per heavy atom. The first-order valence-electron chi connectivity index (χ1n) is 6.14. The Morgan fingerprint density at radius 1 is 0.950 bits per heavy atom. The van der Waals surface area contributed by atoms with Crippen LogP contribution in [0.15, 0.2) is 59.1 Å². The fourth-order valence-electron chi connectivity index (χ4n) is 1.87. The maximum Gasteiger partial charge on any atom is 0.147 e. The number of aromatic nitrogens is 2. The van der Waals surface area contributed by atoms with E-state index in [1.165, 1.54) is 11.3 Å². The van der Waals surface area contributed by atoms with Gasteiger partial charge in [-0.15, -0.1) is 10.2 Å². The fraction of sp³-hybridized carbons (Fsp3) is 0.0667. The summed E-state index contributed by atoms with van der Waals surface area (Å²) < 4.78 is 1.05. The molecule has 1 aromatic heterocycles. The van der Waals surface area contributed by atoms with E-state index >= 15 is 0 Å². The summed E-state index contributed by atoms with van der Waals surface area (Å²) >= 11 is 4.96. The summed E-state index contributed by atoms with van der Waals surface area (Å²) in [5.74, 6) is 0. The van der Waals surface area contributed by atoms with Crippen molar-refractivity contribution in [3.8, 4) is 10.6 Å². The van der Waals surface area contributed by atoms with Crippen LogP contribution in [0.5, 0.6) is 0 Å². The Bertz CT molecular complexity index is 695. The SMILES string of the molecule is NC(c1ccccc1)c1nnc(-c2ccc(Br)cc2)s1. The van der Waals surface area contributed by atoms with E-state index in [-0.39, 0.29) is 6.04 Å². The van der Waals surface area contributed by atoms with Gasteiger partial charge in [-0.25, -0.2) is 0 Å². The van der Waals surface area contributed by atoms with Crippen LogP contribution in [0, 0.1) is 0 Å². The van der Waals surface area contributed by atoms with Gasteiger partial charge in [-0.1, -0.05) is 69.7 Å². The monoisotopic (exact) mass is 345 g/mol. The lowest BCUT2D eigenvalue weighted by Crippen LogP contribution is -2.11. The van der Waals surface area contributed by atoms with Gasteiger partial charge in [0.25, 0.3) is 0 Å². The summed E-state index contributed by atoms with van der Waals surface area (Å²) in [6.07, 6.45) is 0. The number of benzene rings is 2. The molecule has 0 radical (unpaired) electrons. The van der Waals surface area contributed by atoms with Crippen LogP contribution in [0.2, 0.25) is 0 Å². The van der Waals surface area contributed by atoms with E-state index in [0.29, 0.717) is 0 Å². The van der Waals surface area contributed by atoms with Crippen molar-refractivity contribution in [1.29, 1.82) is 0 Å². The van der Waals surface area contributed by atoms with Crippen molar-refractivity contribution < 1.29 is 0 Å². The zero-order chi connectivity index (χ0) is 13.9. The molecule has 0 bridgehead atoms. The molecule has 5 heteroatoms. The van der Waals surface area contributed by atoms with Crippen LogP contribution in [-0.4, -0.2) is 10.2 Å². The Labute approximate surface area is 129 Å². The van der Waals surface area contributed by atoms with Crippen LogP contribution in [0.3, 0.4) is 0 Å². The summed E-state index contributed by atoms with van der Waals surface area (Å²) in [4.78, 5) is 0. The highest BCUT2D eigenvalue weighted by atomic mass is 79.9.